The maximum Gasteiger partial charge on any atom is 0.337 e. The number of carboxylic acid groups (broad SMARTS) is 1. The number of hydrogen-bond donors (Lipinski definition) is 3. The van der Waals surface area contributed by atoms with E-state index in [-0.39, 0.29) is 16.3 Å². The summed E-state index contributed by atoms with van der Waals surface area (Å²) in [5.41, 5.74) is 6.66. The number of hydrogen-bond acceptors (Lipinski definition) is 3. The second kappa shape index (κ2) is 5.16. The van der Waals surface area contributed by atoms with Crippen molar-refractivity contribution in [1.82, 2.24) is 0 Å². The van der Waals surface area contributed by atoms with Crippen molar-refractivity contribution in [2.45, 2.75) is 0 Å². The highest BCUT2D eigenvalue weighted by molar-refractivity contribution is 6.30. The number of nitrogen functional groups attached to an aromatic ring is 1. The zero-order valence-electron chi connectivity index (χ0n) is 9.65. The maximum absolute atomic E-state index is 13.2. The third kappa shape index (κ3) is 3.14. The standard InChI is InChI=1S/C13H10ClFN2O2/c14-7-3-8(15)5-10(4-7)17-12-6-9(16)1-2-11(12)13(18)19/h1-6,17H,16H2,(H,18,19). The second-order valence-electron chi connectivity index (χ2n) is 3.89. The van der Waals surface area contributed by atoms with Crippen molar-refractivity contribution >= 4 is 34.6 Å². The smallest absolute Gasteiger partial charge is 0.337 e. The van der Waals surface area contributed by atoms with Crippen LogP contribution in [0.4, 0.5) is 21.5 Å². The number of benzene rings is 2. The first-order chi connectivity index (χ1) is 8.95. The minimum absolute atomic E-state index is 0.0367. The fourth-order valence-electron chi connectivity index (χ4n) is 1.63. The maximum atomic E-state index is 13.2. The van der Waals surface area contributed by atoms with Gasteiger partial charge in [-0.25, -0.2) is 9.18 Å². The largest absolute Gasteiger partial charge is 0.478 e. The van der Waals surface area contributed by atoms with Crippen LogP contribution in [-0.4, -0.2) is 11.1 Å². The lowest BCUT2D eigenvalue weighted by molar-refractivity contribution is 0.0698. The Morgan fingerprint density at radius 2 is 2.00 bits per heavy atom. The van der Waals surface area contributed by atoms with Crippen molar-refractivity contribution in [3.63, 3.8) is 0 Å². The summed E-state index contributed by atoms with van der Waals surface area (Å²) in [6.07, 6.45) is 0. The number of nitrogens with two attached hydrogens (primary N) is 1. The number of anilines is 3. The number of rotatable bonds is 3. The molecule has 2 rings (SSSR count). The fraction of sp³-hybridized carbons (Fsp3) is 0. The summed E-state index contributed by atoms with van der Waals surface area (Å²) < 4.78 is 13.2. The molecule has 98 valence electrons. The predicted molar refractivity (Wildman–Crippen MR) is 72.5 cm³/mol. The summed E-state index contributed by atoms with van der Waals surface area (Å²) in [5, 5.41) is 12.1. The first-order valence-corrected chi connectivity index (χ1v) is 5.69. The summed E-state index contributed by atoms with van der Waals surface area (Å²) in [6, 6.07) is 8.17. The van der Waals surface area contributed by atoms with Crippen LogP contribution in [0.25, 0.3) is 0 Å². The molecule has 0 bridgehead atoms. The van der Waals surface area contributed by atoms with Crippen LogP contribution in [0.3, 0.4) is 0 Å². The van der Waals surface area contributed by atoms with Crippen molar-refractivity contribution in [1.29, 1.82) is 0 Å². The van der Waals surface area contributed by atoms with E-state index in [1.807, 2.05) is 0 Å². The number of halogens is 2. The molecule has 0 fully saturated rings. The van der Waals surface area contributed by atoms with Crippen molar-refractivity contribution in [2.75, 3.05) is 11.1 Å². The van der Waals surface area contributed by atoms with Crippen molar-refractivity contribution in [3.8, 4) is 0 Å². The van der Waals surface area contributed by atoms with E-state index in [9.17, 15) is 9.18 Å². The molecule has 0 spiro atoms. The van der Waals surface area contributed by atoms with Gasteiger partial charge in [0, 0.05) is 16.4 Å². The molecule has 0 aliphatic carbocycles. The molecule has 4 N–H and O–H groups in total. The van der Waals surface area contributed by atoms with E-state index < -0.39 is 11.8 Å². The lowest BCUT2D eigenvalue weighted by Crippen LogP contribution is -2.03. The molecular formula is C13H10ClFN2O2. The third-order valence-corrected chi connectivity index (χ3v) is 2.63. The number of carbonyl (C=O) groups is 1. The van der Waals surface area contributed by atoms with Gasteiger partial charge in [0.05, 0.1) is 11.3 Å². The Bertz CT molecular complexity index is 626. The van der Waals surface area contributed by atoms with E-state index in [0.29, 0.717) is 11.4 Å². The molecule has 6 heteroatoms. The minimum Gasteiger partial charge on any atom is -0.478 e. The molecule has 0 aliphatic heterocycles. The lowest BCUT2D eigenvalue weighted by Gasteiger charge is -2.11. The van der Waals surface area contributed by atoms with Crippen molar-refractivity contribution in [2.24, 2.45) is 0 Å². The molecule has 0 heterocycles. The van der Waals surface area contributed by atoms with E-state index in [4.69, 9.17) is 22.4 Å². The highest BCUT2D eigenvalue weighted by atomic mass is 35.5. The average Bonchev–Trinajstić information content (AvgIpc) is 2.26. The molecule has 0 aliphatic rings. The van der Waals surface area contributed by atoms with Gasteiger partial charge in [-0.2, -0.15) is 0 Å². The van der Waals surface area contributed by atoms with Crippen molar-refractivity contribution < 1.29 is 14.3 Å². The summed E-state index contributed by atoms with van der Waals surface area (Å²) in [5.74, 6) is -1.62. The molecule has 0 saturated carbocycles. The Kier molecular flexibility index (Phi) is 3.57. The van der Waals surface area contributed by atoms with Gasteiger partial charge in [-0.3, -0.25) is 0 Å². The monoisotopic (exact) mass is 280 g/mol. The molecule has 0 unspecified atom stereocenters. The first kappa shape index (κ1) is 13.2. The van der Waals surface area contributed by atoms with Crippen LogP contribution in [0.15, 0.2) is 36.4 Å². The Morgan fingerprint density at radius 1 is 1.26 bits per heavy atom. The van der Waals surface area contributed by atoms with Gasteiger partial charge >= 0.3 is 5.97 Å². The van der Waals surface area contributed by atoms with Gasteiger partial charge in [0.25, 0.3) is 0 Å². The second-order valence-corrected chi connectivity index (χ2v) is 4.33. The number of aromatic carboxylic acids is 1. The zero-order valence-corrected chi connectivity index (χ0v) is 10.4. The minimum atomic E-state index is -1.11. The highest BCUT2D eigenvalue weighted by Gasteiger charge is 2.11. The van der Waals surface area contributed by atoms with Crippen LogP contribution in [0.5, 0.6) is 0 Å². The Labute approximate surface area is 113 Å². The van der Waals surface area contributed by atoms with Gasteiger partial charge in [0.2, 0.25) is 0 Å². The Morgan fingerprint density at radius 3 is 2.63 bits per heavy atom. The average molecular weight is 281 g/mol. The summed E-state index contributed by atoms with van der Waals surface area (Å²) in [4.78, 5) is 11.1. The molecule has 0 radical (unpaired) electrons. The van der Waals surface area contributed by atoms with E-state index in [1.54, 1.807) is 0 Å². The molecule has 0 amide bonds. The molecule has 2 aromatic carbocycles. The van der Waals surface area contributed by atoms with Crippen LogP contribution in [0, 0.1) is 5.82 Å². The summed E-state index contributed by atoms with van der Waals surface area (Å²) in [6.45, 7) is 0. The number of carboxylic acids is 1. The van der Waals surface area contributed by atoms with E-state index in [2.05, 4.69) is 5.32 Å². The van der Waals surface area contributed by atoms with Crippen LogP contribution in [0.1, 0.15) is 10.4 Å². The zero-order chi connectivity index (χ0) is 14.0. The first-order valence-electron chi connectivity index (χ1n) is 5.31. The van der Waals surface area contributed by atoms with Crippen LogP contribution >= 0.6 is 11.6 Å². The molecule has 0 saturated heterocycles. The predicted octanol–water partition coefficient (Wildman–Crippen LogP) is 3.50. The van der Waals surface area contributed by atoms with E-state index >= 15 is 0 Å². The van der Waals surface area contributed by atoms with Gasteiger partial charge < -0.3 is 16.2 Å². The number of nitrogens with one attached hydrogen (secondary N) is 1. The molecular weight excluding hydrogens is 271 g/mol. The van der Waals surface area contributed by atoms with Gasteiger partial charge in [-0.05, 0) is 36.4 Å². The lowest BCUT2D eigenvalue weighted by atomic mass is 10.1. The van der Waals surface area contributed by atoms with E-state index in [0.717, 1.165) is 6.07 Å². The molecule has 4 nitrogen and oxygen atoms in total. The van der Waals surface area contributed by atoms with Gasteiger partial charge in [-0.1, -0.05) is 11.6 Å². The molecule has 0 atom stereocenters. The van der Waals surface area contributed by atoms with Crippen molar-refractivity contribution in [3.05, 3.63) is 52.8 Å². The third-order valence-electron chi connectivity index (χ3n) is 2.42. The Hall–Kier alpha value is -2.27. The van der Waals surface area contributed by atoms with Gasteiger partial charge in [-0.15, -0.1) is 0 Å². The Balaban J connectivity index is 2.42. The van der Waals surface area contributed by atoms with Gasteiger partial charge in [0.1, 0.15) is 5.82 Å². The van der Waals surface area contributed by atoms with Crippen LogP contribution < -0.4 is 11.1 Å². The topological polar surface area (TPSA) is 75.4 Å². The fourth-order valence-corrected chi connectivity index (χ4v) is 1.86. The van der Waals surface area contributed by atoms with Crippen LogP contribution in [-0.2, 0) is 0 Å². The normalized spacial score (nSPS) is 10.2. The summed E-state index contributed by atoms with van der Waals surface area (Å²) >= 11 is 5.73. The summed E-state index contributed by atoms with van der Waals surface area (Å²) in [7, 11) is 0. The highest BCUT2D eigenvalue weighted by Crippen LogP contribution is 2.26. The van der Waals surface area contributed by atoms with E-state index in [1.165, 1.54) is 30.3 Å². The molecule has 0 aromatic heterocycles. The molecule has 2 aromatic rings. The quantitative estimate of drug-likeness (QED) is 0.752. The van der Waals surface area contributed by atoms with Crippen LogP contribution in [0.2, 0.25) is 5.02 Å². The molecule has 19 heavy (non-hydrogen) atoms. The SMILES string of the molecule is Nc1ccc(C(=O)O)c(Nc2cc(F)cc(Cl)c2)c1. The van der Waals surface area contributed by atoms with Gasteiger partial charge in [0.15, 0.2) is 0 Å².